The number of halogens is 3. The smallest absolute Gasteiger partial charge is 0.416 e. The summed E-state index contributed by atoms with van der Waals surface area (Å²) >= 11 is 0. The van der Waals surface area contributed by atoms with Crippen LogP contribution in [0.3, 0.4) is 0 Å². The number of nitrogens with two attached hydrogens (primary N) is 1. The molecule has 1 saturated heterocycles. The van der Waals surface area contributed by atoms with Gasteiger partial charge in [-0.1, -0.05) is 12.1 Å². The van der Waals surface area contributed by atoms with Crippen molar-refractivity contribution in [2.45, 2.75) is 51.3 Å². The first-order chi connectivity index (χ1) is 14.4. The van der Waals surface area contributed by atoms with Crippen molar-refractivity contribution in [3.05, 3.63) is 53.6 Å². The Morgan fingerprint density at radius 2 is 1.74 bits per heavy atom. The Kier molecular flexibility index (Phi) is 6.38. The van der Waals surface area contributed by atoms with Gasteiger partial charge in [-0.15, -0.1) is 0 Å². The molecule has 5 nitrogen and oxygen atoms in total. The summed E-state index contributed by atoms with van der Waals surface area (Å²) in [6, 6.07) is 10.0. The normalized spacial score (nSPS) is 15.6. The number of anilines is 1. The van der Waals surface area contributed by atoms with Crippen LogP contribution in [-0.2, 0) is 10.9 Å². The minimum Gasteiger partial charge on any atom is -0.455 e. The maximum Gasteiger partial charge on any atom is 0.416 e. The van der Waals surface area contributed by atoms with Crippen LogP contribution in [0.2, 0.25) is 0 Å². The fraction of sp³-hybridized carbons (Fsp3) is 0.435. The van der Waals surface area contributed by atoms with Gasteiger partial charge in [-0.05, 0) is 75.4 Å². The molecule has 0 atom stereocenters. The SMILES string of the molecule is CC(C)(C)OC(=O)N1CCC(c2ccc(N)c(Oc3cccc(C(F)(F)F)c3)c2)CC1. The fourth-order valence-electron chi connectivity index (χ4n) is 3.48. The number of rotatable bonds is 3. The van der Waals surface area contributed by atoms with Crippen LogP contribution in [-0.4, -0.2) is 29.7 Å². The zero-order chi connectivity index (χ0) is 22.8. The van der Waals surface area contributed by atoms with E-state index in [1.165, 1.54) is 12.1 Å². The first kappa shape index (κ1) is 22.8. The van der Waals surface area contributed by atoms with Gasteiger partial charge in [0.15, 0.2) is 5.75 Å². The van der Waals surface area contributed by atoms with Crippen molar-refractivity contribution in [2.75, 3.05) is 18.8 Å². The molecular formula is C23H27F3N2O3. The minimum absolute atomic E-state index is 0.0680. The molecule has 31 heavy (non-hydrogen) atoms. The van der Waals surface area contributed by atoms with Crippen molar-refractivity contribution in [3.8, 4) is 11.5 Å². The van der Waals surface area contributed by atoms with E-state index in [0.717, 1.165) is 30.5 Å². The van der Waals surface area contributed by atoms with Crippen molar-refractivity contribution >= 4 is 11.8 Å². The van der Waals surface area contributed by atoms with E-state index < -0.39 is 17.3 Å². The minimum atomic E-state index is -4.45. The van der Waals surface area contributed by atoms with Crippen molar-refractivity contribution in [1.82, 2.24) is 4.90 Å². The lowest BCUT2D eigenvalue weighted by Gasteiger charge is -2.33. The molecule has 1 aliphatic heterocycles. The first-order valence-electron chi connectivity index (χ1n) is 10.1. The van der Waals surface area contributed by atoms with Crippen LogP contribution in [0.5, 0.6) is 11.5 Å². The van der Waals surface area contributed by atoms with Gasteiger partial charge in [-0.2, -0.15) is 13.2 Å². The Hall–Kier alpha value is -2.90. The highest BCUT2D eigenvalue weighted by molar-refractivity contribution is 5.68. The predicted octanol–water partition coefficient (Wildman–Crippen LogP) is 6.19. The fourth-order valence-corrected chi connectivity index (χ4v) is 3.48. The molecule has 1 fully saturated rings. The molecule has 1 amide bonds. The molecule has 0 aromatic heterocycles. The van der Waals surface area contributed by atoms with Gasteiger partial charge in [-0.3, -0.25) is 0 Å². The molecule has 2 aromatic carbocycles. The van der Waals surface area contributed by atoms with E-state index in [0.29, 0.717) is 24.5 Å². The Labute approximate surface area is 179 Å². The van der Waals surface area contributed by atoms with E-state index in [-0.39, 0.29) is 17.8 Å². The van der Waals surface area contributed by atoms with Gasteiger partial charge in [0.25, 0.3) is 0 Å². The molecule has 0 radical (unpaired) electrons. The molecule has 8 heteroatoms. The van der Waals surface area contributed by atoms with E-state index in [4.69, 9.17) is 15.2 Å². The van der Waals surface area contributed by atoms with Crippen LogP contribution in [0.4, 0.5) is 23.7 Å². The van der Waals surface area contributed by atoms with Gasteiger partial charge in [0, 0.05) is 13.1 Å². The third kappa shape index (κ3) is 6.06. The van der Waals surface area contributed by atoms with Crippen molar-refractivity contribution in [1.29, 1.82) is 0 Å². The zero-order valence-corrected chi connectivity index (χ0v) is 17.8. The summed E-state index contributed by atoms with van der Waals surface area (Å²) in [5, 5.41) is 0. The lowest BCUT2D eigenvalue weighted by molar-refractivity contribution is -0.137. The number of nitrogens with zero attached hydrogens (tertiary/aromatic N) is 1. The number of carbonyl (C=O) groups excluding carboxylic acids is 1. The number of ether oxygens (including phenoxy) is 2. The summed E-state index contributed by atoms with van der Waals surface area (Å²) in [6.45, 7) is 6.62. The monoisotopic (exact) mass is 436 g/mol. The van der Waals surface area contributed by atoms with Crippen LogP contribution in [0.1, 0.15) is 50.7 Å². The van der Waals surface area contributed by atoms with Gasteiger partial charge in [0.05, 0.1) is 11.3 Å². The highest BCUT2D eigenvalue weighted by Crippen LogP contribution is 2.37. The summed E-state index contributed by atoms with van der Waals surface area (Å²) in [6.07, 6.45) is -3.29. The first-order valence-corrected chi connectivity index (χ1v) is 10.1. The summed E-state index contributed by atoms with van der Waals surface area (Å²) in [7, 11) is 0. The van der Waals surface area contributed by atoms with Crippen molar-refractivity contribution < 1.29 is 27.4 Å². The van der Waals surface area contributed by atoms with Gasteiger partial charge in [0.2, 0.25) is 0 Å². The van der Waals surface area contributed by atoms with Crippen molar-refractivity contribution in [2.24, 2.45) is 0 Å². The topological polar surface area (TPSA) is 64.8 Å². The van der Waals surface area contributed by atoms with Crippen LogP contribution in [0.15, 0.2) is 42.5 Å². The number of benzene rings is 2. The zero-order valence-electron chi connectivity index (χ0n) is 17.8. The molecule has 2 N–H and O–H groups in total. The van der Waals surface area contributed by atoms with Gasteiger partial charge >= 0.3 is 12.3 Å². The highest BCUT2D eigenvalue weighted by Gasteiger charge is 2.31. The molecule has 1 aliphatic rings. The van der Waals surface area contributed by atoms with Gasteiger partial charge < -0.3 is 20.1 Å². The molecule has 0 unspecified atom stereocenters. The third-order valence-corrected chi connectivity index (χ3v) is 5.04. The van der Waals surface area contributed by atoms with Gasteiger partial charge in [-0.25, -0.2) is 4.79 Å². The molecular weight excluding hydrogens is 409 g/mol. The van der Waals surface area contributed by atoms with Gasteiger partial charge in [0.1, 0.15) is 11.4 Å². The molecule has 168 valence electrons. The van der Waals surface area contributed by atoms with Crippen LogP contribution in [0, 0.1) is 0 Å². The lowest BCUT2D eigenvalue weighted by Crippen LogP contribution is -2.41. The number of hydrogen-bond donors (Lipinski definition) is 1. The second kappa shape index (κ2) is 8.69. The summed E-state index contributed by atoms with van der Waals surface area (Å²) in [5.41, 5.74) is 5.98. The number of alkyl halides is 3. The Morgan fingerprint density at radius 3 is 2.35 bits per heavy atom. The second-order valence-corrected chi connectivity index (χ2v) is 8.67. The van der Waals surface area contributed by atoms with Crippen LogP contribution in [0.25, 0.3) is 0 Å². The van der Waals surface area contributed by atoms with Crippen molar-refractivity contribution in [3.63, 3.8) is 0 Å². The van der Waals surface area contributed by atoms with E-state index >= 15 is 0 Å². The number of likely N-dealkylation sites (tertiary alicyclic amines) is 1. The largest absolute Gasteiger partial charge is 0.455 e. The van der Waals surface area contributed by atoms with E-state index in [1.54, 1.807) is 17.0 Å². The van der Waals surface area contributed by atoms with Crippen LogP contribution >= 0.6 is 0 Å². The molecule has 0 bridgehead atoms. The number of amides is 1. The van der Waals surface area contributed by atoms with E-state index in [2.05, 4.69) is 0 Å². The molecule has 0 spiro atoms. The maximum absolute atomic E-state index is 13.0. The standard InChI is InChI=1S/C23H27F3N2O3/c1-22(2,3)31-21(29)28-11-9-15(10-12-28)16-7-8-19(27)20(13-16)30-18-6-4-5-17(14-18)23(24,25)26/h4-8,13-15H,9-12,27H2,1-3H3. The number of carbonyl (C=O) groups is 1. The van der Waals surface area contributed by atoms with E-state index in [1.807, 2.05) is 26.8 Å². The highest BCUT2D eigenvalue weighted by atomic mass is 19.4. The molecule has 0 aliphatic carbocycles. The summed E-state index contributed by atoms with van der Waals surface area (Å²) < 4.78 is 50.0. The quantitative estimate of drug-likeness (QED) is 0.583. The number of piperidine rings is 1. The molecule has 1 heterocycles. The average molecular weight is 436 g/mol. The number of nitrogen functional groups attached to an aromatic ring is 1. The Bertz CT molecular complexity index is 930. The van der Waals surface area contributed by atoms with E-state index in [9.17, 15) is 18.0 Å². The van der Waals surface area contributed by atoms with Crippen LogP contribution < -0.4 is 10.5 Å². The Balaban J connectivity index is 1.69. The summed E-state index contributed by atoms with van der Waals surface area (Å²) in [5.74, 6) is 0.563. The third-order valence-electron chi connectivity index (χ3n) is 5.04. The average Bonchev–Trinajstić information content (AvgIpc) is 2.68. The summed E-state index contributed by atoms with van der Waals surface area (Å²) in [4.78, 5) is 13.9. The molecule has 0 saturated carbocycles. The maximum atomic E-state index is 13.0. The molecule has 3 rings (SSSR count). The Morgan fingerprint density at radius 1 is 1.06 bits per heavy atom. The predicted molar refractivity (Wildman–Crippen MR) is 112 cm³/mol. The number of hydrogen-bond acceptors (Lipinski definition) is 4. The second-order valence-electron chi connectivity index (χ2n) is 8.67. The lowest BCUT2D eigenvalue weighted by atomic mass is 9.89. The molecule has 2 aromatic rings.